The van der Waals surface area contributed by atoms with Gasteiger partial charge in [0.2, 0.25) is 0 Å². The number of benzene rings is 1. The van der Waals surface area contributed by atoms with Crippen LogP contribution in [0, 0.1) is 18.3 Å². The van der Waals surface area contributed by atoms with Crippen molar-refractivity contribution in [2.24, 2.45) is 5.92 Å². The fourth-order valence-electron chi connectivity index (χ4n) is 3.75. The highest BCUT2D eigenvalue weighted by atomic mass is 32.2. The molecule has 2 fully saturated rings. The Hall–Kier alpha value is -0.990. The van der Waals surface area contributed by atoms with Gasteiger partial charge in [0.15, 0.2) is 4.90 Å². The van der Waals surface area contributed by atoms with E-state index < -0.39 is 11.4 Å². The fraction of sp³-hybridized carbons (Fsp3) is 0.579. The lowest BCUT2D eigenvalue weighted by molar-refractivity contribution is 0.0980. The van der Waals surface area contributed by atoms with Crippen LogP contribution in [0.1, 0.15) is 32.1 Å². The molecule has 0 aliphatic carbocycles. The molecule has 0 saturated carbocycles. The summed E-state index contributed by atoms with van der Waals surface area (Å²) in [6.07, 6.45) is 11.1. The van der Waals surface area contributed by atoms with Crippen LogP contribution in [0.25, 0.3) is 0 Å². The summed E-state index contributed by atoms with van der Waals surface area (Å²) in [4.78, 5) is 3.55. The van der Waals surface area contributed by atoms with Crippen LogP contribution >= 0.6 is 0 Å². The monoisotopic (exact) mass is 330 g/mol. The first-order chi connectivity index (χ1) is 11.3. The Labute approximate surface area is 143 Å². The van der Waals surface area contributed by atoms with Gasteiger partial charge < -0.3 is 9.45 Å². The SMILES string of the molecule is C#CCC1CCN(C2CCN([S@+]([O-])c3ccccc3)CC2)CC1. The topological polar surface area (TPSA) is 29.5 Å². The van der Waals surface area contributed by atoms with Gasteiger partial charge in [0.05, 0.1) is 11.4 Å². The van der Waals surface area contributed by atoms with Crippen molar-refractivity contribution in [3.63, 3.8) is 0 Å². The second kappa shape index (κ2) is 8.21. The van der Waals surface area contributed by atoms with Gasteiger partial charge in [0.25, 0.3) is 0 Å². The Kier molecular flexibility index (Phi) is 6.02. The quantitative estimate of drug-likeness (QED) is 0.628. The Bertz CT molecular complexity index is 514. The highest BCUT2D eigenvalue weighted by Gasteiger charge is 2.32. The third-order valence-electron chi connectivity index (χ3n) is 5.17. The maximum atomic E-state index is 12.6. The molecule has 0 spiro atoms. The number of piperidine rings is 2. The van der Waals surface area contributed by atoms with Crippen molar-refractivity contribution in [2.75, 3.05) is 26.2 Å². The second-order valence-electron chi connectivity index (χ2n) is 6.61. The van der Waals surface area contributed by atoms with Gasteiger partial charge in [-0.05, 0) is 56.8 Å². The van der Waals surface area contributed by atoms with E-state index in [1.165, 1.54) is 25.9 Å². The maximum Gasteiger partial charge on any atom is 0.174 e. The normalized spacial score (nSPS) is 23.5. The van der Waals surface area contributed by atoms with E-state index in [0.29, 0.717) is 6.04 Å². The van der Waals surface area contributed by atoms with Gasteiger partial charge in [0.1, 0.15) is 0 Å². The van der Waals surface area contributed by atoms with Crippen LogP contribution in [-0.4, -0.2) is 46.0 Å². The summed E-state index contributed by atoms with van der Waals surface area (Å²) in [6, 6.07) is 10.5. The van der Waals surface area contributed by atoms with Crippen molar-refractivity contribution in [1.29, 1.82) is 0 Å². The molecule has 3 rings (SSSR count). The molecule has 2 heterocycles. The minimum absolute atomic E-state index is 0.658. The summed E-state index contributed by atoms with van der Waals surface area (Å²) in [6.45, 7) is 4.21. The molecule has 0 unspecified atom stereocenters. The van der Waals surface area contributed by atoms with Crippen molar-refractivity contribution in [3.05, 3.63) is 30.3 Å². The van der Waals surface area contributed by atoms with E-state index in [0.717, 1.165) is 43.2 Å². The van der Waals surface area contributed by atoms with E-state index in [1.54, 1.807) is 0 Å². The predicted octanol–water partition coefficient (Wildman–Crippen LogP) is 2.91. The van der Waals surface area contributed by atoms with Gasteiger partial charge in [-0.15, -0.1) is 16.6 Å². The van der Waals surface area contributed by atoms with Crippen molar-refractivity contribution in [3.8, 4) is 12.3 Å². The molecule has 4 heteroatoms. The highest BCUT2D eigenvalue weighted by Crippen LogP contribution is 2.27. The van der Waals surface area contributed by atoms with Gasteiger partial charge in [-0.25, -0.2) is 0 Å². The Morgan fingerprint density at radius 3 is 2.30 bits per heavy atom. The molecule has 0 amide bonds. The van der Waals surface area contributed by atoms with Crippen LogP contribution in [-0.2, 0) is 11.4 Å². The summed E-state index contributed by atoms with van der Waals surface area (Å²) < 4.78 is 14.7. The van der Waals surface area contributed by atoms with Crippen LogP contribution in [0.5, 0.6) is 0 Å². The average molecular weight is 330 g/mol. The number of hydrogen-bond donors (Lipinski definition) is 0. The lowest BCUT2D eigenvalue weighted by atomic mass is 9.92. The van der Waals surface area contributed by atoms with Crippen molar-refractivity contribution < 1.29 is 4.55 Å². The number of nitrogens with zero attached hydrogens (tertiary/aromatic N) is 2. The molecule has 1 aromatic rings. The third-order valence-corrected chi connectivity index (χ3v) is 6.68. The highest BCUT2D eigenvalue weighted by molar-refractivity contribution is 7.89. The lowest BCUT2D eigenvalue weighted by Gasteiger charge is -2.41. The number of rotatable bonds is 4. The van der Waals surface area contributed by atoms with Gasteiger partial charge in [-0.1, -0.05) is 18.2 Å². The zero-order valence-corrected chi connectivity index (χ0v) is 14.5. The molecule has 0 aromatic heterocycles. The van der Waals surface area contributed by atoms with E-state index in [9.17, 15) is 4.55 Å². The van der Waals surface area contributed by atoms with E-state index >= 15 is 0 Å². The number of hydrogen-bond acceptors (Lipinski definition) is 3. The molecule has 2 aliphatic rings. The zero-order chi connectivity index (χ0) is 16.1. The molecule has 3 nitrogen and oxygen atoms in total. The van der Waals surface area contributed by atoms with Crippen molar-refractivity contribution >= 4 is 11.4 Å². The molecule has 23 heavy (non-hydrogen) atoms. The van der Waals surface area contributed by atoms with E-state index in [4.69, 9.17) is 6.42 Å². The van der Waals surface area contributed by atoms with Gasteiger partial charge >= 0.3 is 0 Å². The van der Waals surface area contributed by atoms with Crippen LogP contribution in [0.4, 0.5) is 0 Å². The molecular formula is C19H26N2OS. The summed E-state index contributed by atoms with van der Waals surface area (Å²) in [5.41, 5.74) is 0. The Balaban J connectivity index is 1.47. The molecular weight excluding hydrogens is 304 g/mol. The molecule has 0 N–H and O–H groups in total. The lowest BCUT2D eigenvalue weighted by Crippen LogP contribution is -2.48. The first-order valence-corrected chi connectivity index (χ1v) is 9.78. The van der Waals surface area contributed by atoms with Gasteiger partial charge in [-0.3, -0.25) is 0 Å². The number of likely N-dealkylation sites (tertiary alicyclic amines) is 1. The maximum absolute atomic E-state index is 12.6. The standard InChI is InChI=1S/C19H26N2OS/c1-2-6-17-9-13-20(14-10-17)18-11-15-21(16-12-18)23(22)19-7-4-3-5-8-19/h1,3-5,7-8,17-18H,6,9-16H2/t23-/m1/s1. The minimum atomic E-state index is -1.01. The summed E-state index contributed by atoms with van der Waals surface area (Å²) in [7, 11) is 0. The summed E-state index contributed by atoms with van der Waals surface area (Å²) in [5, 5.41) is 0. The second-order valence-corrected chi connectivity index (χ2v) is 8.10. The smallest absolute Gasteiger partial charge is 0.174 e. The largest absolute Gasteiger partial charge is 0.593 e. The summed E-state index contributed by atoms with van der Waals surface area (Å²) in [5.74, 6) is 3.53. The van der Waals surface area contributed by atoms with Gasteiger partial charge in [-0.2, -0.15) is 0 Å². The van der Waals surface area contributed by atoms with Crippen LogP contribution in [0.2, 0.25) is 0 Å². The van der Waals surface area contributed by atoms with Gasteiger partial charge in [0, 0.05) is 25.6 Å². The summed E-state index contributed by atoms with van der Waals surface area (Å²) >= 11 is -1.01. The van der Waals surface area contributed by atoms with E-state index in [-0.39, 0.29) is 0 Å². The average Bonchev–Trinajstić information content (AvgIpc) is 2.63. The molecule has 124 valence electrons. The van der Waals surface area contributed by atoms with Crippen LogP contribution in [0.3, 0.4) is 0 Å². The van der Waals surface area contributed by atoms with Crippen molar-refractivity contribution in [2.45, 2.75) is 43.0 Å². The molecule has 0 bridgehead atoms. The minimum Gasteiger partial charge on any atom is -0.593 e. The Morgan fingerprint density at radius 1 is 1.04 bits per heavy atom. The van der Waals surface area contributed by atoms with Crippen LogP contribution in [0.15, 0.2) is 35.2 Å². The zero-order valence-electron chi connectivity index (χ0n) is 13.7. The third kappa shape index (κ3) is 4.30. The van der Waals surface area contributed by atoms with Crippen LogP contribution < -0.4 is 0 Å². The van der Waals surface area contributed by atoms with E-state index in [2.05, 4.69) is 15.1 Å². The molecule has 2 saturated heterocycles. The predicted molar refractivity (Wildman–Crippen MR) is 95.2 cm³/mol. The Morgan fingerprint density at radius 2 is 1.70 bits per heavy atom. The molecule has 1 aromatic carbocycles. The molecule has 2 aliphatic heterocycles. The first-order valence-electron chi connectivity index (χ1n) is 8.67. The van der Waals surface area contributed by atoms with E-state index in [1.807, 2.05) is 30.3 Å². The number of terminal acetylenes is 1. The molecule has 0 radical (unpaired) electrons. The molecule has 1 atom stereocenters. The fourth-order valence-corrected chi connectivity index (χ4v) is 4.98. The first kappa shape index (κ1) is 16.9. The van der Waals surface area contributed by atoms with Crippen molar-refractivity contribution in [1.82, 2.24) is 9.21 Å².